The number of thiophene rings is 1. The van der Waals surface area contributed by atoms with Crippen LogP contribution >= 0.6 is 11.3 Å². The number of amides is 2. The van der Waals surface area contributed by atoms with Gasteiger partial charge >= 0.3 is 12.0 Å². The molecule has 1 aromatic heterocycles. The van der Waals surface area contributed by atoms with Crippen LogP contribution in [0.3, 0.4) is 0 Å². The van der Waals surface area contributed by atoms with E-state index in [2.05, 4.69) is 12.2 Å². The second kappa shape index (κ2) is 6.93. The molecular weight excluding hydrogens is 288 g/mol. The molecule has 0 saturated carbocycles. The number of carbonyl (C=O) groups excluding carboxylic acids is 2. The van der Waals surface area contributed by atoms with E-state index < -0.39 is 0 Å². The van der Waals surface area contributed by atoms with Gasteiger partial charge in [0.25, 0.3) is 0 Å². The molecular formula is C15H22N2O3S. The normalized spacial score (nSPS) is 15.9. The van der Waals surface area contributed by atoms with Gasteiger partial charge in [0, 0.05) is 18.0 Å². The van der Waals surface area contributed by atoms with Crippen LogP contribution in [0.25, 0.3) is 0 Å². The molecule has 0 unspecified atom stereocenters. The molecule has 0 radical (unpaired) electrons. The SMILES string of the molecule is CCOC(=O)c1cc(C)sc1NC(=O)N1CCC(C)CC1. The van der Waals surface area contributed by atoms with Crippen molar-refractivity contribution >= 4 is 28.3 Å². The number of rotatable bonds is 3. The van der Waals surface area contributed by atoms with Crippen LogP contribution in [0.4, 0.5) is 9.80 Å². The first kappa shape index (κ1) is 15.8. The van der Waals surface area contributed by atoms with Crippen molar-refractivity contribution in [3.05, 3.63) is 16.5 Å². The molecule has 0 atom stereocenters. The summed E-state index contributed by atoms with van der Waals surface area (Å²) in [6, 6.07) is 1.63. The average Bonchev–Trinajstić information content (AvgIpc) is 2.80. The summed E-state index contributed by atoms with van der Waals surface area (Å²) in [5, 5.41) is 3.44. The molecule has 0 bridgehead atoms. The van der Waals surface area contributed by atoms with Gasteiger partial charge in [0.2, 0.25) is 0 Å². The molecule has 1 aliphatic rings. The summed E-state index contributed by atoms with van der Waals surface area (Å²) in [4.78, 5) is 27.0. The van der Waals surface area contributed by atoms with Crippen LogP contribution in [0.2, 0.25) is 0 Å². The van der Waals surface area contributed by atoms with Gasteiger partial charge in [-0.2, -0.15) is 0 Å². The predicted molar refractivity (Wildman–Crippen MR) is 84.0 cm³/mol. The number of urea groups is 1. The summed E-state index contributed by atoms with van der Waals surface area (Å²) in [7, 11) is 0. The van der Waals surface area contributed by atoms with E-state index in [0.717, 1.165) is 30.8 Å². The van der Waals surface area contributed by atoms with Crippen LogP contribution in [-0.2, 0) is 4.74 Å². The molecule has 21 heavy (non-hydrogen) atoms. The van der Waals surface area contributed by atoms with Crippen molar-refractivity contribution < 1.29 is 14.3 Å². The number of aryl methyl sites for hydroxylation is 1. The molecule has 1 N–H and O–H groups in total. The highest BCUT2D eigenvalue weighted by Gasteiger charge is 2.23. The number of likely N-dealkylation sites (tertiary alicyclic amines) is 1. The fraction of sp³-hybridized carbons (Fsp3) is 0.600. The average molecular weight is 310 g/mol. The van der Waals surface area contributed by atoms with E-state index in [9.17, 15) is 9.59 Å². The Morgan fingerprint density at radius 1 is 1.43 bits per heavy atom. The van der Waals surface area contributed by atoms with Crippen LogP contribution in [0.5, 0.6) is 0 Å². The standard InChI is InChI=1S/C15H22N2O3S/c1-4-20-14(18)12-9-11(3)21-13(12)16-15(19)17-7-5-10(2)6-8-17/h9-10H,4-8H2,1-3H3,(H,16,19). The first-order chi connectivity index (χ1) is 10.0. The maximum absolute atomic E-state index is 12.3. The van der Waals surface area contributed by atoms with Gasteiger partial charge in [0.1, 0.15) is 5.00 Å². The number of nitrogens with one attached hydrogen (secondary N) is 1. The smallest absolute Gasteiger partial charge is 0.341 e. The van der Waals surface area contributed by atoms with Crippen LogP contribution in [0.15, 0.2) is 6.07 Å². The van der Waals surface area contributed by atoms with E-state index in [1.54, 1.807) is 13.0 Å². The largest absolute Gasteiger partial charge is 0.462 e. The summed E-state index contributed by atoms with van der Waals surface area (Å²) < 4.78 is 5.03. The quantitative estimate of drug-likeness (QED) is 0.869. The highest BCUT2D eigenvalue weighted by molar-refractivity contribution is 7.16. The van der Waals surface area contributed by atoms with E-state index in [1.807, 2.05) is 11.8 Å². The Morgan fingerprint density at radius 3 is 2.71 bits per heavy atom. The van der Waals surface area contributed by atoms with Crippen LogP contribution in [0.1, 0.15) is 41.9 Å². The lowest BCUT2D eigenvalue weighted by Crippen LogP contribution is -2.40. The summed E-state index contributed by atoms with van der Waals surface area (Å²) in [5.41, 5.74) is 0.443. The number of nitrogens with zero attached hydrogens (tertiary/aromatic N) is 1. The van der Waals surface area contributed by atoms with Crippen molar-refractivity contribution in [2.45, 2.75) is 33.6 Å². The van der Waals surface area contributed by atoms with E-state index in [1.165, 1.54) is 11.3 Å². The van der Waals surface area contributed by atoms with Gasteiger partial charge in [-0.1, -0.05) is 6.92 Å². The molecule has 1 saturated heterocycles. The Labute approximate surface area is 129 Å². The third kappa shape index (κ3) is 3.97. The van der Waals surface area contributed by atoms with Gasteiger partial charge in [0.05, 0.1) is 12.2 Å². The number of anilines is 1. The number of esters is 1. The highest BCUT2D eigenvalue weighted by Crippen LogP contribution is 2.29. The number of carbonyl (C=O) groups is 2. The van der Waals surface area contributed by atoms with Gasteiger partial charge in [-0.3, -0.25) is 5.32 Å². The van der Waals surface area contributed by atoms with Crippen LogP contribution in [0, 0.1) is 12.8 Å². The molecule has 2 heterocycles. The van der Waals surface area contributed by atoms with Crippen molar-refractivity contribution in [1.29, 1.82) is 0 Å². The molecule has 6 heteroatoms. The van der Waals surface area contributed by atoms with Gasteiger partial charge in [-0.15, -0.1) is 11.3 Å². The minimum absolute atomic E-state index is 0.130. The number of ether oxygens (including phenoxy) is 1. The summed E-state index contributed by atoms with van der Waals surface area (Å²) in [6.07, 6.45) is 2.06. The molecule has 1 fully saturated rings. The van der Waals surface area contributed by atoms with Crippen molar-refractivity contribution in [1.82, 2.24) is 4.90 Å². The first-order valence-electron chi connectivity index (χ1n) is 7.34. The van der Waals surface area contributed by atoms with E-state index >= 15 is 0 Å². The zero-order chi connectivity index (χ0) is 15.4. The Bertz CT molecular complexity index is 519. The number of hydrogen-bond acceptors (Lipinski definition) is 4. The summed E-state index contributed by atoms with van der Waals surface area (Å²) >= 11 is 1.40. The third-order valence-electron chi connectivity index (χ3n) is 3.64. The zero-order valence-corrected chi connectivity index (χ0v) is 13.6. The lowest BCUT2D eigenvalue weighted by molar-refractivity contribution is 0.0528. The van der Waals surface area contributed by atoms with Crippen molar-refractivity contribution in [3.63, 3.8) is 0 Å². The highest BCUT2D eigenvalue weighted by atomic mass is 32.1. The molecule has 0 aliphatic carbocycles. The van der Waals surface area contributed by atoms with Gasteiger partial charge in [-0.25, -0.2) is 9.59 Å². The molecule has 2 amide bonds. The van der Waals surface area contributed by atoms with E-state index in [0.29, 0.717) is 23.1 Å². The Kier molecular flexibility index (Phi) is 5.22. The Morgan fingerprint density at radius 2 is 2.10 bits per heavy atom. The predicted octanol–water partition coefficient (Wildman–Crippen LogP) is 3.50. The zero-order valence-electron chi connectivity index (χ0n) is 12.8. The fourth-order valence-electron chi connectivity index (χ4n) is 2.36. The van der Waals surface area contributed by atoms with E-state index in [4.69, 9.17) is 4.74 Å². The summed E-state index contributed by atoms with van der Waals surface area (Å²) in [6.45, 7) is 7.75. The van der Waals surface area contributed by atoms with Crippen molar-refractivity contribution in [3.8, 4) is 0 Å². The third-order valence-corrected chi connectivity index (χ3v) is 4.61. The Balaban J connectivity index is 2.05. The lowest BCUT2D eigenvalue weighted by atomic mass is 10.00. The van der Waals surface area contributed by atoms with Crippen LogP contribution in [-0.4, -0.2) is 36.6 Å². The van der Waals surface area contributed by atoms with Crippen LogP contribution < -0.4 is 5.32 Å². The molecule has 116 valence electrons. The minimum Gasteiger partial charge on any atom is -0.462 e. The lowest BCUT2D eigenvalue weighted by Gasteiger charge is -2.30. The molecule has 2 rings (SSSR count). The second-order valence-corrected chi connectivity index (χ2v) is 6.68. The maximum atomic E-state index is 12.3. The first-order valence-corrected chi connectivity index (χ1v) is 8.16. The topological polar surface area (TPSA) is 58.6 Å². The molecule has 5 nitrogen and oxygen atoms in total. The summed E-state index contributed by atoms with van der Waals surface area (Å²) in [5.74, 6) is 0.289. The van der Waals surface area contributed by atoms with Crippen molar-refractivity contribution in [2.75, 3.05) is 25.0 Å². The molecule has 0 aromatic carbocycles. The molecule has 0 spiro atoms. The maximum Gasteiger partial charge on any atom is 0.341 e. The van der Waals surface area contributed by atoms with Gasteiger partial charge in [0.15, 0.2) is 0 Å². The molecule has 1 aliphatic heterocycles. The van der Waals surface area contributed by atoms with Gasteiger partial charge in [-0.05, 0) is 38.7 Å². The fourth-order valence-corrected chi connectivity index (χ4v) is 3.24. The molecule has 1 aromatic rings. The van der Waals surface area contributed by atoms with Gasteiger partial charge < -0.3 is 9.64 Å². The second-order valence-electron chi connectivity index (χ2n) is 5.42. The Hall–Kier alpha value is -1.56. The number of piperidine rings is 1. The number of hydrogen-bond donors (Lipinski definition) is 1. The minimum atomic E-state index is -0.385. The van der Waals surface area contributed by atoms with E-state index in [-0.39, 0.29) is 12.0 Å². The monoisotopic (exact) mass is 310 g/mol. The van der Waals surface area contributed by atoms with Crippen molar-refractivity contribution in [2.24, 2.45) is 5.92 Å².